The van der Waals surface area contributed by atoms with E-state index in [1.54, 1.807) is 6.20 Å². The molecule has 6 nitrogen and oxygen atoms in total. The molecule has 20 heavy (non-hydrogen) atoms. The summed E-state index contributed by atoms with van der Waals surface area (Å²) >= 11 is 0. The molecule has 6 heteroatoms. The zero-order chi connectivity index (χ0) is 14.1. The topological polar surface area (TPSA) is 80.0 Å². The van der Waals surface area contributed by atoms with Crippen LogP contribution in [0.25, 0.3) is 21.8 Å². The van der Waals surface area contributed by atoms with Crippen molar-refractivity contribution >= 4 is 21.8 Å². The van der Waals surface area contributed by atoms with Gasteiger partial charge in [-0.2, -0.15) is 0 Å². The van der Waals surface area contributed by atoms with Gasteiger partial charge in [0.05, 0.1) is 29.6 Å². The molecule has 0 saturated heterocycles. The maximum atomic E-state index is 11.6. The molecule has 0 fully saturated rings. The SMILES string of the molecule is CCOc1cc2ncc3c(=O)[nH][nH]c3c2cc1OCC. The van der Waals surface area contributed by atoms with E-state index < -0.39 is 0 Å². The van der Waals surface area contributed by atoms with E-state index in [0.29, 0.717) is 30.1 Å². The summed E-state index contributed by atoms with van der Waals surface area (Å²) in [5, 5.41) is 6.80. The van der Waals surface area contributed by atoms with Crippen LogP contribution in [0.5, 0.6) is 11.5 Å². The van der Waals surface area contributed by atoms with E-state index in [0.717, 1.165) is 16.4 Å². The standard InChI is InChI=1S/C14H15N3O3/c1-3-19-11-5-8-10(6-12(11)20-4-2)15-7-9-13(8)16-17-14(9)18/h5-7H,3-4H2,1-2H3,(H2,16,17,18). The van der Waals surface area contributed by atoms with Crippen LogP contribution in [0, 0.1) is 0 Å². The Balaban J connectivity index is 2.32. The van der Waals surface area contributed by atoms with Crippen LogP contribution in [-0.2, 0) is 0 Å². The van der Waals surface area contributed by atoms with Crippen molar-refractivity contribution in [1.29, 1.82) is 0 Å². The van der Waals surface area contributed by atoms with Gasteiger partial charge in [-0.05, 0) is 19.9 Å². The predicted octanol–water partition coefficient (Wildman–Crippen LogP) is 2.20. The first-order valence-electron chi connectivity index (χ1n) is 6.53. The first-order chi connectivity index (χ1) is 9.74. The summed E-state index contributed by atoms with van der Waals surface area (Å²) in [6.07, 6.45) is 1.56. The average molecular weight is 273 g/mol. The fraction of sp³-hybridized carbons (Fsp3) is 0.286. The minimum absolute atomic E-state index is 0.179. The highest BCUT2D eigenvalue weighted by Crippen LogP contribution is 2.33. The number of rotatable bonds is 4. The zero-order valence-corrected chi connectivity index (χ0v) is 11.3. The molecule has 1 aromatic carbocycles. The lowest BCUT2D eigenvalue weighted by molar-refractivity contribution is 0.288. The van der Waals surface area contributed by atoms with Crippen LogP contribution in [0.4, 0.5) is 0 Å². The van der Waals surface area contributed by atoms with Crippen molar-refractivity contribution in [3.63, 3.8) is 0 Å². The molecule has 2 N–H and O–H groups in total. The second kappa shape index (κ2) is 4.88. The van der Waals surface area contributed by atoms with E-state index in [4.69, 9.17) is 9.47 Å². The molecule has 0 radical (unpaired) electrons. The minimum atomic E-state index is -0.179. The molecule has 0 aliphatic rings. The second-order valence-electron chi connectivity index (χ2n) is 4.31. The molecule has 3 rings (SSSR count). The highest BCUT2D eigenvalue weighted by molar-refractivity contribution is 6.03. The fourth-order valence-corrected chi connectivity index (χ4v) is 2.23. The van der Waals surface area contributed by atoms with E-state index in [-0.39, 0.29) is 5.56 Å². The maximum Gasteiger partial charge on any atom is 0.273 e. The number of hydrogen-bond acceptors (Lipinski definition) is 4. The third kappa shape index (κ3) is 1.89. The van der Waals surface area contributed by atoms with Crippen molar-refractivity contribution in [2.24, 2.45) is 0 Å². The van der Waals surface area contributed by atoms with Gasteiger partial charge in [0.1, 0.15) is 0 Å². The molecular weight excluding hydrogens is 258 g/mol. The number of hydrogen-bond donors (Lipinski definition) is 2. The Labute approximate surface area is 114 Å². The highest BCUT2D eigenvalue weighted by atomic mass is 16.5. The van der Waals surface area contributed by atoms with Gasteiger partial charge in [-0.3, -0.25) is 20.0 Å². The third-order valence-electron chi connectivity index (χ3n) is 3.08. The molecule has 104 valence electrons. The summed E-state index contributed by atoms with van der Waals surface area (Å²) in [5.41, 5.74) is 1.30. The van der Waals surface area contributed by atoms with Crippen LogP contribution in [-0.4, -0.2) is 28.4 Å². The average Bonchev–Trinajstić information content (AvgIpc) is 2.82. The van der Waals surface area contributed by atoms with E-state index >= 15 is 0 Å². The van der Waals surface area contributed by atoms with E-state index in [1.807, 2.05) is 26.0 Å². The van der Waals surface area contributed by atoms with Crippen molar-refractivity contribution in [3.8, 4) is 11.5 Å². The number of aromatic nitrogens is 3. The molecule has 0 unspecified atom stereocenters. The maximum absolute atomic E-state index is 11.6. The summed E-state index contributed by atoms with van der Waals surface area (Å²) in [5.74, 6) is 1.31. The first-order valence-corrected chi connectivity index (χ1v) is 6.53. The van der Waals surface area contributed by atoms with Crippen LogP contribution < -0.4 is 15.0 Å². The first kappa shape index (κ1) is 12.5. The predicted molar refractivity (Wildman–Crippen MR) is 76.6 cm³/mol. The largest absolute Gasteiger partial charge is 0.490 e. The van der Waals surface area contributed by atoms with Gasteiger partial charge in [-0.15, -0.1) is 0 Å². The van der Waals surface area contributed by atoms with Gasteiger partial charge >= 0.3 is 0 Å². The second-order valence-corrected chi connectivity index (χ2v) is 4.31. The fourth-order valence-electron chi connectivity index (χ4n) is 2.23. The number of aromatic amines is 2. The smallest absolute Gasteiger partial charge is 0.273 e. The third-order valence-corrected chi connectivity index (χ3v) is 3.08. The number of nitrogens with one attached hydrogen (secondary N) is 2. The molecule has 0 aliphatic heterocycles. The Morgan fingerprint density at radius 2 is 1.75 bits per heavy atom. The van der Waals surface area contributed by atoms with Gasteiger partial charge in [-0.1, -0.05) is 0 Å². The van der Waals surface area contributed by atoms with Crippen molar-refractivity contribution in [1.82, 2.24) is 15.2 Å². The number of benzene rings is 1. The van der Waals surface area contributed by atoms with Gasteiger partial charge in [0.2, 0.25) is 0 Å². The normalized spacial score (nSPS) is 11.1. The van der Waals surface area contributed by atoms with E-state index in [9.17, 15) is 4.79 Å². The van der Waals surface area contributed by atoms with Crippen LogP contribution >= 0.6 is 0 Å². The highest BCUT2D eigenvalue weighted by Gasteiger charge is 2.12. The molecule has 2 aromatic heterocycles. The van der Waals surface area contributed by atoms with E-state index in [1.165, 1.54) is 0 Å². The van der Waals surface area contributed by atoms with Crippen LogP contribution in [0.2, 0.25) is 0 Å². The summed E-state index contributed by atoms with van der Waals surface area (Å²) in [6.45, 7) is 4.92. The monoisotopic (exact) mass is 273 g/mol. The van der Waals surface area contributed by atoms with Gasteiger partial charge < -0.3 is 9.47 Å². The van der Waals surface area contributed by atoms with Crippen molar-refractivity contribution < 1.29 is 9.47 Å². The lowest BCUT2D eigenvalue weighted by Gasteiger charge is -2.12. The van der Waals surface area contributed by atoms with Crippen molar-refractivity contribution in [2.75, 3.05) is 13.2 Å². The number of pyridine rings is 1. The molecule has 0 atom stereocenters. The van der Waals surface area contributed by atoms with Gasteiger partial charge in [0.25, 0.3) is 5.56 Å². The Bertz CT molecular complexity index is 819. The number of ether oxygens (including phenoxy) is 2. The molecule has 2 heterocycles. The molecule has 0 bridgehead atoms. The summed E-state index contributed by atoms with van der Waals surface area (Å²) in [4.78, 5) is 15.9. The van der Waals surface area contributed by atoms with Crippen LogP contribution in [0.1, 0.15) is 13.8 Å². The van der Waals surface area contributed by atoms with Gasteiger partial charge in [0, 0.05) is 17.6 Å². The lowest BCUT2D eigenvalue weighted by atomic mass is 10.1. The summed E-state index contributed by atoms with van der Waals surface area (Å²) in [6, 6.07) is 3.68. The van der Waals surface area contributed by atoms with E-state index in [2.05, 4.69) is 15.2 Å². The van der Waals surface area contributed by atoms with Crippen LogP contribution in [0.3, 0.4) is 0 Å². The Morgan fingerprint density at radius 1 is 1.05 bits per heavy atom. The molecule has 3 aromatic rings. The number of fused-ring (bicyclic) bond motifs is 3. The van der Waals surface area contributed by atoms with Gasteiger partial charge in [-0.25, -0.2) is 0 Å². The van der Waals surface area contributed by atoms with Crippen molar-refractivity contribution in [2.45, 2.75) is 13.8 Å². The lowest BCUT2D eigenvalue weighted by Crippen LogP contribution is -1.99. The molecule has 0 aliphatic carbocycles. The Hall–Kier alpha value is -2.50. The molecule has 0 amide bonds. The minimum Gasteiger partial charge on any atom is -0.490 e. The number of H-pyrrole nitrogens is 2. The summed E-state index contributed by atoms with van der Waals surface area (Å²) in [7, 11) is 0. The Morgan fingerprint density at radius 3 is 2.45 bits per heavy atom. The quantitative estimate of drug-likeness (QED) is 0.763. The number of nitrogens with zero attached hydrogens (tertiary/aromatic N) is 1. The molecule has 0 spiro atoms. The summed E-state index contributed by atoms with van der Waals surface area (Å²) < 4.78 is 11.2. The molecule has 0 saturated carbocycles. The van der Waals surface area contributed by atoms with Crippen LogP contribution in [0.15, 0.2) is 23.1 Å². The molecular formula is C14H15N3O3. The Kier molecular flexibility index (Phi) is 3.06. The zero-order valence-electron chi connectivity index (χ0n) is 11.3. The van der Waals surface area contributed by atoms with Crippen molar-refractivity contribution in [3.05, 3.63) is 28.7 Å². The van der Waals surface area contributed by atoms with Gasteiger partial charge in [0.15, 0.2) is 11.5 Å².